The summed E-state index contributed by atoms with van der Waals surface area (Å²) in [6, 6.07) is 2.62. The van der Waals surface area contributed by atoms with Crippen LogP contribution in [0.25, 0.3) is 0 Å². The van der Waals surface area contributed by atoms with Gasteiger partial charge in [0.15, 0.2) is 0 Å². The van der Waals surface area contributed by atoms with Crippen molar-refractivity contribution in [1.82, 2.24) is 10.6 Å². The third-order valence-electron chi connectivity index (χ3n) is 2.44. The maximum atomic E-state index is 12.8. The van der Waals surface area contributed by atoms with Crippen LogP contribution in [0.5, 0.6) is 0 Å². The smallest absolute Gasteiger partial charge is 0.417 e. The Labute approximate surface area is 122 Å². The van der Waals surface area contributed by atoms with Crippen LogP contribution in [0.4, 0.5) is 18.9 Å². The van der Waals surface area contributed by atoms with Gasteiger partial charge in [-0.05, 0) is 18.2 Å². The molecule has 0 radical (unpaired) electrons. The van der Waals surface area contributed by atoms with Gasteiger partial charge in [-0.25, -0.2) is 0 Å². The van der Waals surface area contributed by atoms with E-state index >= 15 is 0 Å². The summed E-state index contributed by atoms with van der Waals surface area (Å²) in [5.41, 5.74) is 3.19. The van der Waals surface area contributed by atoms with Gasteiger partial charge in [0.1, 0.15) is 6.54 Å². The molecule has 0 bridgehead atoms. The average Bonchev–Trinajstić information content (AvgIpc) is 2.41. The first-order valence-corrected chi connectivity index (χ1v) is 5.84. The molecule has 0 atom stereocenters. The number of halogens is 3. The second-order valence-electron chi connectivity index (χ2n) is 4.16. The zero-order valence-corrected chi connectivity index (χ0v) is 11.0. The number of alkyl halides is 3. The molecule has 1 aromatic rings. The molecular weight excluding hydrogens is 307 g/mol. The molecule has 0 unspecified atom stereocenters. The van der Waals surface area contributed by atoms with Crippen molar-refractivity contribution < 1.29 is 32.7 Å². The summed E-state index contributed by atoms with van der Waals surface area (Å²) >= 11 is 0. The van der Waals surface area contributed by atoms with Crippen molar-refractivity contribution in [3.63, 3.8) is 0 Å². The molecule has 0 aliphatic carbocycles. The van der Waals surface area contributed by atoms with Gasteiger partial charge >= 0.3 is 12.1 Å². The Balaban J connectivity index is 2.78. The van der Waals surface area contributed by atoms with Crippen molar-refractivity contribution >= 4 is 23.5 Å². The van der Waals surface area contributed by atoms with Gasteiger partial charge in [-0.3, -0.25) is 14.4 Å². The minimum atomic E-state index is -4.78. The molecule has 0 saturated carbocycles. The van der Waals surface area contributed by atoms with Crippen LogP contribution in [-0.2, 0) is 15.8 Å². The molecule has 0 heterocycles. The Kier molecular flexibility index (Phi) is 5.33. The van der Waals surface area contributed by atoms with E-state index in [1.807, 2.05) is 10.6 Å². The number of aliphatic carboxylic acids is 1. The average molecular weight is 319 g/mol. The van der Waals surface area contributed by atoms with Gasteiger partial charge in [-0.15, -0.1) is 0 Å². The lowest BCUT2D eigenvalue weighted by atomic mass is 10.1. The first-order chi connectivity index (χ1) is 10.1. The zero-order chi connectivity index (χ0) is 16.9. The van der Waals surface area contributed by atoms with Crippen LogP contribution in [0.15, 0.2) is 18.2 Å². The van der Waals surface area contributed by atoms with Crippen LogP contribution in [0.2, 0.25) is 0 Å². The number of anilines is 1. The maximum Gasteiger partial charge on any atom is 0.417 e. The fourth-order valence-electron chi connectivity index (χ4n) is 1.49. The fourth-order valence-corrected chi connectivity index (χ4v) is 1.49. The molecule has 0 saturated heterocycles. The molecule has 0 fully saturated rings. The van der Waals surface area contributed by atoms with E-state index in [4.69, 9.17) is 10.8 Å². The number of carboxylic acids is 1. The Morgan fingerprint density at radius 2 is 1.77 bits per heavy atom. The molecule has 1 aromatic carbocycles. The van der Waals surface area contributed by atoms with Crippen molar-refractivity contribution in [1.29, 1.82) is 0 Å². The predicted octanol–water partition coefficient (Wildman–Crippen LogP) is 0.218. The summed E-state index contributed by atoms with van der Waals surface area (Å²) in [7, 11) is 0. The van der Waals surface area contributed by atoms with Crippen LogP contribution < -0.4 is 16.4 Å². The van der Waals surface area contributed by atoms with Crippen molar-refractivity contribution in [2.45, 2.75) is 6.18 Å². The molecule has 7 nitrogen and oxygen atoms in total. The monoisotopic (exact) mass is 319 g/mol. The number of carbonyl (C=O) groups excluding carboxylic acids is 2. The lowest BCUT2D eigenvalue weighted by Gasteiger charge is -2.13. The Hall–Kier alpha value is -2.78. The van der Waals surface area contributed by atoms with Crippen LogP contribution >= 0.6 is 0 Å². The van der Waals surface area contributed by atoms with Gasteiger partial charge in [-0.2, -0.15) is 13.2 Å². The van der Waals surface area contributed by atoms with Gasteiger partial charge in [0, 0.05) is 5.69 Å². The van der Waals surface area contributed by atoms with E-state index in [-0.39, 0.29) is 5.69 Å². The summed E-state index contributed by atoms with van der Waals surface area (Å²) in [5.74, 6) is -3.27. The van der Waals surface area contributed by atoms with Gasteiger partial charge in [-0.1, -0.05) is 0 Å². The molecule has 22 heavy (non-hydrogen) atoms. The molecule has 2 amide bonds. The SMILES string of the molecule is Nc1ccc(C(=O)NCC(=O)NCC(=O)O)c(C(F)(F)F)c1. The number of rotatable bonds is 5. The number of nitrogen functional groups attached to an aromatic ring is 1. The number of hydrogen-bond acceptors (Lipinski definition) is 4. The van der Waals surface area contributed by atoms with Crippen molar-refractivity contribution in [2.24, 2.45) is 0 Å². The van der Waals surface area contributed by atoms with Gasteiger partial charge in [0.2, 0.25) is 5.91 Å². The molecule has 0 aromatic heterocycles. The highest BCUT2D eigenvalue weighted by molar-refractivity contribution is 5.98. The predicted molar refractivity (Wildman–Crippen MR) is 68.8 cm³/mol. The zero-order valence-electron chi connectivity index (χ0n) is 11.0. The van der Waals surface area contributed by atoms with Crippen molar-refractivity contribution in [3.8, 4) is 0 Å². The largest absolute Gasteiger partial charge is 0.480 e. The number of nitrogens with one attached hydrogen (secondary N) is 2. The number of hydrogen-bond donors (Lipinski definition) is 4. The summed E-state index contributed by atoms with van der Waals surface area (Å²) in [6.07, 6.45) is -4.78. The molecular formula is C12H12F3N3O4. The summed E-state index contributed by atoms with van der Waals surface area (Å²) in [6.45, 7) is -1.32. The molecule has 10 heteroatoms. The maximum absolute atomic E-state index is 12.8. The quantitative estimate of drug-likeness (QED) is 0.578. The topological polar surface area (TPSA) is 122 Å². The minimum absolute atomic E-state index is 0.164. The second kappa shape index (κ2) is 6.78. The Morgan fingerprint density at radius 3 is 2.32 bits per heavy atom. The third kappa shape index (κ3) is 4.96. The number of amides is 2. The first-order valence-electron chi connectivity index (χ1n) is 5.84. The van der Waals surface area contributed by atoms with Crippen LogP contribution in [0, 0.1) is 0 Å². The molecule has 5 N–H and O–H groups in total. The molecule has 120 valence electrons. The van der Waals surface area contributed by atoms with E-state index in [2.05, 4.69) is 0 Å². The number of benzene rings is 1. The summed E-state index contributed by atoms with van der Waals surface area (Å²) < 4.78 is 38.5. The third-order valence-corrected chi connectivity index (χ3v) is 2.44. The highest BCUT2D eigenvalue weighted by Crippen LogP contribution is 2.33. The molecule has 1 rings (SSSR count). The van der Waals surface area contributed by atoms with Crippen molar-refractivity contribution in [2.75, 3.05) is 18.8 Å². The highest BCUT2D eigenvalue weighted by atomic mass is 19.4. The van der Waals surface area contributed by atoms with Gasteiger partial charge in [0.25, 0.3) is 5.91 Å². The lowest BCUT2D eigenvalue weighted by Crippen LogP contribution is -2.39. The minimum Gasteiger partial charge on any atom is -0.480 e. The standard InChI is InChI=1S/C12H12F3N3O4/c13-12(14,15)8-3-6(16)1-2-7(8)11(22)18-4-9(19)17-5-10(20)21/h1-3H,4-5,16H2,(H,17,19)(H,18,22)(H,20,21). The molecule has 0 aliphatic heterocycles. The highest BCUT2D eigenvalue weighted by Gasteiger charge is 2.35. The Bertz CT molecular complexity index is 602. The van der Waals surface area contributed by atoms with E-state index < -0.39 is 48.2 Å². The van der Waals surface area contributed by atoms with E-state index in [1.165, 1.54) is 0 Å². The summed E-state index contributed by atoms with van der Waals surface area (Å²) in [4.78, 5) is 33.1. The van der Waals surface area contributed by atoms with Gasteiger partial charge in [0.05, 0.1) is 17.7 Å². The van der Waals surface area contributed by atoms with Crippen LogP contribution in [0.3, 0.4) is 0 Å². The first kappa shape index (κ1) is 17.3. The normalized spacial score (nSPS) is 10.9. The molecule has 0 aliphatic rings. The van der Waals surface area contributed by atoms with E-state index in [1.54, 1.807) is 0 Å². The lowest BCUT2D eigenvalue weighted by molar-refractivity contribution is -0.138. The number of carboxylic acid groups (broad SMARTS) is 1. The van der Waals surface area contributed by atoms with Crippen molar-refractivity contribution in [3.05, 3.63) is 29.3 Å². The number of carbonyl (C=O) groups is 3. The van der Waals surface area contributed by atoms with Crippen LogP contribution in [0.1, 0.15) is 15.9 Å². The van der Waals surface area contributed by atoms with E-state index in [0.717, 1.165) is 12.1 Å². The summed E-state index contributed by atoms with van der Waals surface area (Å²) in [5, 5.41) is 12.2. The number of nitrogens with two attached hydrogens (primary N) is 1. The Morgan fingerprint density at radius 1 is 1.14 bits per heavy atom. The van der Waals surface area contributed by atoms with Gasteiger partial charge < -0.3 is 21.5 Å². The van der Waals surface area contributed by atoms with Crippen LogP contribution in [-0.4, -0.2) is 36.0 Å². The molecule has 0 spiro atoms. The van der Waals surface area contributed by atoms with E-state index in [0.29, 0.717) is 6.07 Å². The fraction of sp³-hybridized carbons (Fsp3) is 0.250. The van der Waals surface area contributed by atoms with E-state index in [9.17, 15) is 27.6 Å². The second-order valence-corrected chi connectivity index (χ2v) is 4.16.